The average molecular weight is 289 g/mol. The van der Waals surface area contributed by atoms with E-state index in [1.165, 1.54) is 0 Å². The summed E-state index contributed by atoms with van der Waals surface area (Å²) in [4.78, 5) is 0. The lowest BCUT2D eigenvalue weighted by atomic mass is 10.0. The summed E-state index contributed by atoms with van der Waals surface area (Å²) in [5.74, 6) is 0.787. The van der Waals surface area contributed by atoms with Crippen molar-refractivity contribution in [1.29, 1.82) is 0 Å². The Bertz CT molecular complexity index is 406. The zero-order chi connectivity index (χ0) is 15.2. The number of hydrogen-bond acceptors (Lipinski definition) is 2. The van der Waals surface area contributed by atoms with Crippen LogP contribution in [-0.4, -0.2) is 19.3 Å². The zero-order valence-electron chi connectivity index (χ0n) is 12.1. The molecule has 5 heteroatoms. The molecule has 1 N–H and O–H groups in total. The third-order valence-electron chi connectivity index (χ3n) is 3.24. The maximum atomic E-state index is 12.1. The number of nitrogens with one attached hydrogen (secondary N) is 1. The summed E-state index contributed by atoms with van der Waals surface area (Å²) in [7, 11) is 1.61. The third kappa shape index (κ3) is 5.82. The van der Waals surface area contributed by atoms with Gasteiger partial charge < -0.3 is 10.1 Å². The Morgan fingerprint density at radius 1 is 1.20 bits per heavy atom. The van der Waals surface area contributed by atoms with Crippen molar-refractivity contribution in [1.82, 2.24) is 5.32 Å². The van der Waals surface area contributed by atoms with E-state index in [0.717, 1.165) is 11.3 Å². The van der Waals surface area contributed by atoms with Gasteiger partial charge in [0.1, 0.15) is 5.75 Å². The Morgan fingerprint density at radius 3 is 2.45 bits per heavy atom. The van der Waals surface area contributed by atoms with Crippen LogP contribution in [0.4, 0.5) is 13.2 Å². The zero-order valence-corrected chi connectivity index (χ0v) is 12.1. The molecule has 2 atom stereocenters. The van der Waals surface area contributed by atoms with Crippen LogP contribution in [0.3, 0.4) is 0 Å². The number of halogens is 3. The molecule has 1 rings (SSSR count). The van der Waals surface area contributed by atoms with Crippen molar-refractivity contribution in [3.8, 4) is 5.75 Å². The fraction of sp³-hybridized carbons (Fsp3) is 0.600. The molecule has 0 heterocycles. The van der Waals surface area contributed by atoms with Crippen LogP contribution in [0.5, 0.6) is 5.75 Å². The minimum Gasteiger partial charge on any atom is -0.496 e. The molecule has 0 radical (unpaired) electrons. The number of benzene rings is 1. The van der Waals surface area contributed by atoms with Crippen molar-refractivity contribution in [2.75, 3.05) is 7.11 Å². The SMILES string of the molecule is COc1ccccc1C(C)NC(C)CCCC(F)(F)F. The van der Waals surface area contributed by atoms with Gasteiger partial charge in [-0.05, 0) is 32.8 Å². The van der Waals surface area contributed by atoms with Gasteiger partial charge in [0.15, 0.2) is 0 Å². The normalized spacial score (nSPS) is 14.9. The van der Waals surface area contributed by atoms with Gasteiger partial charge in [-0.2, -0.15) is 13.2 Å². The molecule has 114 valence electrons. The molecule has 0 fully saturated rings. The summed E-state index contributed by atoms with van der Waals surface area (Å²) in [5.41, 5.74) is 1.01. The number of rotatable bonds is 7. The van der Waals surface area contributed by atoms with E-state index in [0.29, 0.717) is 6.42 Å². The Balaban J connectivity index is 2.47. The average Bonchev–Trinajstić information content (AvgIpc) is 2.37. The molecule has 0 saturated carbocycles. The first-order valence-electron chi connectivity index (χ1n) is 6.79. The highest BCUT2D eigenvalue weighted by Gasteiger charge is 2.26. The number of ether oxygens (including phenoxy) is 1. The van der Waals surface area contributed by atoms with E-state index in [1.807, 2.05) is 38.1 Å². The predicted molar refractivity (Wildman–Crippen MR) is 73.9 cm³/mol. The smallest absolute Gasteiger partial charge is 0.389 e. The Labute approximate surface area is 118 Å². The summed E-state index contributed by atoms with van der Waals surface area (Å²) < 4.78 is 41.6. The second-order valence-electron chi connectivity index (χ2n) is 5.04. The highest BCUT2D eigenvalue weighted by Crippen LogP contribution is 2.26. The quantitative estimate of drug-likeness (QED) is 0.799. The van der Waals surface area contributed by atoms with Gasteiger partial charge in [0.25, 0.3) is 0 Å². The minimum absolute atomic E-state index is 0.0252. The number of hydrogen-bond donors (Lipinski definition) is 1. The summed E-state index contributed by atoms with van der Waals surface area (Å²) in [6, 6.07) is 7.71. The molecule has 2 nitrogen and oxygen atoms in total. The number of alkyl halides is 3. The van der Waals surface area contributed by atoms with Crippen LogP contribution in [0.1, 0.15) is 44.7 Å². The van der Waals surface area contributed by atoms with Crippen LogP contribution in [0, 0.1) is 0 Å². The Kier molecular flexibility index (Phi) is 6.33. The summed E-state index contributed by atoms with van der Waals surface area (Å²) in [6.07, 6.45) is -4.13. The molecule has 0 aliphatic rings. The van der Waals surface area contributed by atoms with E-state index >= 15 is 0 Å². The van der Waals surface area contributed by atoms with Crippen molar-refractivity contribution < 1.29 is 17.9 Å². The molecule has 1 aromatic rings. The van der Waals surface area contributed by atoms with Gasteiger partial charge in [-0.3, -0.25) is 0 Å². The lowest BCUT2D eigenvalue weighted by molar-refractivity contribution is -0.135. The van der Waals surface area contributed by atoms with Crippen LogP contribution in [0.2, 0.25) is 0 Å². The minimum atomic E-state index is -4.06. The molecule has 0 aliphatic heterocycles. The van der Waals surface area contributed by atoms with Crippen molar-refractivity contribution >= 4 is 0 Å². The van der Waals surface area contributed by atoms with E-state index in [9.17, 15) is 13.2 Å². The molecule has 0 aromatic heterocycles. The van der Waals surface area contributed by atoms with Crippen LogP contribution >= 0.6 is 0 Å². The molecule has 0 aliphatic carbocycles. The molecule has 2 unspecified atom stereocenters. The second kappa shape index (κ2) is 7.53. The summed E-state index contributed by atoms with van der Waals surface area (Å²) >= 11 is 0. The first kappa shape index (κ1) is 16.8. The molecule has 0 bridgehead atoms. The van der Waals surface area contributed by atoms with Gasteiger partial charge in [0.2, 0.25) is 0 Å². The monoisotopic (exact) mass is 289 g/mol. The first-order chi connectivity index (χ1) is 9.33. The maximum Gasteiger partial charge on any atom is 0.389 e. The van der Waals surface area contributed by atoms with Gasteiger partial charge >= 0.3 is 6.18 Å². The molecule has 0 amide bonds. The molecular weight excluding hydrogens is 267 g/mol. The predicted octanol–water partition coefficient (Wildman–Crippen LogP) is 4.47. The van der Waals surface area contributed by atoms with Crippen LogP contribution < -0.4 is 10.1 Å². The van der Waals surface area contributed by atoms with Crippen molar-refractivity contribution in [2.45, 2.75) is 51.4 Å². The second-order valence-corrected chi connectivity index (χ2v) is 5.04. The van der Waals surface area contributed by atoms with E-state index in [4.69, 9.17) is 4.74 Å². The standard InChI is InChI=1S/C15H22F3NO/c1-11(7-6-10-15(16,17)18)19-12(2)13-8-4-5-9-14(13)20-3/h4-5,8-9,11-12,19H,6-7,10H2,1-3H3. The highest BCUT2D eigenvalue weighted by molar-refractivity contribution is 5.35. The van der Waals surface area contributed by atoms with Gasteiger partial charge in [0.05, 0.1) is 7.11 Å². The molecule has 0 spiro atoms. The fourth-order valence-electron chi connectivity index (χ4n) is 2.23. The Hall–Kier alpha value is -1.23. The topological polar surface area (TPSA) is 21.3 Å². The van der Waals surface area contributed by atoms with Crippen LogP contribution in [-0.2, 0) is 0 Å². The van der Waals surface area contributed by atoms with E-state index < -0.39 is 12.6 Å². The van der Waals surface area contributed by atoms with E-state index in [2.05, 4.69) is 5.32 Å². The van der Waals surface area contributed by atoms with Gasteiger partial charge in [-0.25, -0.2) is 0 Å². The van der Waals surface area contributed by atoms with Gasteiger partial charge in [0, 0.05) is 24.1 Å². The maximum absolute atomic E-state index is 12.1. The molecular formula is C15H22F3NO. The lowest BCUT2D eigenvalue weighted by Crippen LogP contribution is -2.29. The number of para-hydroxylation sites is 1. The van der Waals surface area contributed by atoms with E-state index in [-0.39, 0.29) is 18.5 Å². The fourth-order valence-corrected chi connectivity index (χ4v) is 2.23. The number of methoxy groups -OCH3 is 1. The van der Waals surface area contributed by atoms with Gasteiger partial charge in [-0.15, -0.1) is 0 Å². The summed E-state index contributed by atoms with van der Waals surface area (Å²) in [6.45, 7) is 3.89. The lowest BCUT2D eigenvalue weighted by Gasteiger charge is -2.22. The first-order valence-corrected chi connectivity index (χ1v) is 6.79. The molecule has 1 aromatic carbocycles. The van der Waals surface area contributed by atoms with E-state index in [1.54, 1.807) is 7.11 Å². The third-order valence-corrected chi connectivity index (χ3v) is 3.24. The Morgan fingerprint density at radius 2 is 1.85 bits per heavy atom. The molecule has 0 saturated heterocycles. The van der Waals surface area contributed by atoms with Crippen molar-refractivity contribution in [2.24, 2.45) is 0 Å². The van der Waals surface area contributed by atoms with Crippen molar-refractivity contribution in [3.63, 3.8) is 0 Å². The van der Waals surface area contributed by atoms with Crippen molar-refractivity contribution in [3.05, 3.63) is 29.8 Å². The molecule has 20 heavy (non-hydrogen) atoms. The van der Waals surface area contributed by atoms with Crippen LogP contribution in [0.15, 0.2) is 24.3 Å². The summed E-state index contributed by atoms with van der Waals surface area (Å²) in [5, 5.41) is 3.31. The van der Waals surface area contributed by atoms with Gasteiger partial charge in [-0.1, -0.05) is 18.2 Å². The van der Waals surface area contributed by atoms with Crippen LogP contribution in [0.25, 0.3) is 0 Å². The highest BCUT2D eigenvalue weighted by atomic mass is 19.4. The largest absolute Gasteiger partial charge is 0.496 e.